The minimum Gasteiger partial charge on any atom is -0.506 e. The molecule has 1 fully saturated rings. The van der Waals surface area contributed by atoms with Crippen molar-refractivity contribution in [2.24, 2.45) is 0 Å². The second-order valence-corrected chi connectivity index (χ2v) is 4.83. The Morgan fingerprint density at radius 2 is 2.05 bits per heavy atom. The number of likely N-dealkylation sites (tertiary alicyclic amines) is 1. The maximum atomic E-state index is 11.0. The maximum Gasteiger partial charge on any atom is 0.221 e. The Kier molecular flexibility index (Phi) is 6.31. The summed E-state index contributed by atoms with van der Waals surface area (Å²) < 4.78 is 0. The van der Waals surface area contributed by atoms with Crippen LogP contribution in [0.1, 0.15) is 25.3 Å². The number of carbonyl (C=O) groups excluding carboxylic acids is 1. The van der Waals surface area contributed by atoms with Gasteiger partial charge in [-0.25, -0.2) is 0 Å². The second-order valence-electron chi connectivity index (χ2n) is 4.83. The molecule has 0 atom stereocenters. The van der Waals surface area contributed by atoms with E-state index in [1.165, 1.54) is 32.9 Å². The molecule has 0 bridgehead atoms. The maximum absolute atomic E-state index is 11.0. The smallest absolute Gasteiger partial charge is 0.221 e. The number of hydrogen-bond acceptors (Lipinski definition) is 3. The lowest BCUT2D eigenvalue weighted by Gasteiger charge is -2.15. The van der Waals surface area contributed by atoms with Crippen LogP contribution in [0.25, 0.3) is 0 Å². The van der Waals surface area contributed by atoms with E-state index < -0.39 is 0 Å². The summed E-state index contributed by atoms with van der Waals surface area (Å²) in [6, 6.07) is 5.41. The number of phenols is 1. The third-order valence-electron chi connectivity index (χ3n) is 3.29. The van der Waals surface area contributed by atoms with Crippen LogP contribution in [0.4, 0.5) is 5.69 Å². The molecule has 2 N–H and O–H groups in total. The van der Waals surface area contributed by atoms with Crippen molar-refractivity contribution in [1.29, 1.82) is 0 Å². The number of hydrogen-bond donors (Lipinski definition) is 2. The Morgan fingerprint density at radius 3 is 2.68 bits per heavy atom. The van der Waals surface area contributed by atoms with Gasteiger partial charge < -0.3 is 15.3 Å². The molecule has 2 rings (SSSR count). The quantitative estimate of drug-likeness (QED) is 0.835. The third-order valence-corrected chi connectivity index (χ3v) is 3.29. The Morgan fingerprint density at radius 1 is 1.37 bits per heavy atom. The van der Waals surface area contributed by atoms with Crippen molar-refractivity contribution in [1.82, 2.24) is 4.90 Å². The number of phenolic OH excluding ortho intramolecular Hbond substituents is 1. The fourth-order valence-electron chi connectivity index (χ4n) is 2.32. The van der Waals surface area contributed by atoms with Gasteiger partial charge in [-0.2, -0.15) is 0 Å². The van der Waals surface area contributed by atoms with Gasteiger partial charge in [0.25, 0.3) is 0 Å². The van der Waals surface area contributed by atoms with Gasteiger partial charge in [0.2, 0.25) is 5.91 Å². The molecule has 1 saturated heterocycles. The Labute approximate surface area is 124 Å². The summed E-state index contributed by atoms with van der Waals surface area (Å²) in [5.41, 5.74) is 1.64. The van der Waals surface area contributed by atoms with Gasteiger partial charge in [-0.05, 0) is 50.0 Å². The Balaban J connectivity index is 0.00000180. The molecule has 0 unspecified atom stereocenters. The van der Waals surface area contributed by atoms with Crippen LogP contribution in [0, 0.1) is 0 Å². The van der Waals surface area contributed by atoms with E-state index in [0.717, 1.165) is 18.5 Å². The monoisotopic (exact) mass is 328 g/mol. The number of nitrogens with one attached hydrogen (secondary N) is 1. The first-order chi connectivity index (χ1) is 8.65. The van der Waals surface area contributed by atoms with E-state index in [4.69, 9.17) is 0 Å². The zero-order valence-electron chi connectivity index (χ0n) is 11.2. The van der Waals surface area contributed by atoms with E-state index in [1.807, 2.05) is 12.1 Å². The Bertz CT molecular complexity index is 431. The van der Waals surface area contributed by atoms with Crippen LogP contribution in [-0.4, -0.2) is 35.5 Å². The number of anilines is 1. The fourth-order valence-corrected chi connectivity index (χ4v) is 2.32. The zero-order valence-corrected chi connectivity index (χ0v) is 12.9. The predicted molar refractivity (Wildman–Crippen MR) is 82.1 cm³/mol. The molecule has 1 aromatic carbocycles. The summed E-state index contributed by atoms with van der Waals surface area (Å²) in [4.78, 5) is 13.5. The molecule has 5 heteroatoms. The lowest BCUT2D eigenvalue weighted by atomic mass is 10.1. The van der Waals surface area contributed by atoms with Crippen LogP contribution < -0.4 is 5.32 Å². The molecule has 106 valence electrons. The van der Waals surface area contributed by atoms with Crippen molar-refractivity contribution in [2.75, 3.05) is 25.0 Å². The van der Waals surface area contributed by atoms with Gasteiger partial charge in [0, 0.05) is 13.5 Å². The van der Waals surface area contributed by atoms with E-state index in [0.29, 0.717) is 5.69 Å². The molecule has 4 nitrogen and oxygen atoms in total. The van der Waals surface area contributed by atoms with Crippen LogP contribution in [0.5, 0.6) is 5.75 Å². The number of carbonyl (C=O) groups is 1. The highest BCUT2D eigenvalue weighted by atomic mass is 79.9. The van der Waals surface area contributed by atoms with Crippen molar-refractivity contribution in [2.45, 2.75) is 26.2 Å². The summed E-state index contributed by atoms with van der Waals surface area (Å²) in [7, 11) is 0. The lowest BCUT2D eigenvalue weighted by molar-refractivity contribution is -0.114. The molecule has 19 heavy (non-hydrogen) atoms. The Hall–Kier alpha value is -1.07. The average Bonchev–Trinajstić information content (AvgIpc) is 2.82. The number of aromatic hydroxyl groups is 1. The molecule has 0 aromatic heterocycles. The molecule has 1 aliphatic rings. The molecule has 1 aliphatic heterocycles. The summed E-state index contributed by atoms with van der Waals surface area (Å²) in [6.45, 7) is 4.87. The minimum absolute atomic E-state index is 0. The fraction of sp³-hybridized carbons (Fsp3) is 0.500. The van der Waals surface area contributed by atoms with Crippen LogP contribution >= 0.6 is 17.0 Å². The molecule has 1 amide bonds. The van der Waals surface area contributed by atoms with Gasteiger partial charge in [0.1, 0.15) is 5.75 Å². The molecule has 0 spiro atoms. The first-order valence-electron chi connectivity index (χ1n) is 6.47. The van der Waals surface area contributed by atoms with E-state index in [9.17, 15) is 9.90 Å². The molecule has 0 saturated carbocycles. The minimum atomic E-state index is -0.165. The van der Waals surface area contributed by atoms with Gasteiger partial charge in [-0.15, -0.1) is 17.0 Å². The number of amides is 1. The lowest BCUT2D eigenvalue weighted by Crippen LogP contribution is -2.21. The van der Waals surface area contributed by atoms with Crippen LogP contribution in [0.2, 0.25) is 0 Å². The molecule has 1 heterocycles. The van der Waals surface area contributed by atoms with Crippen molar-refractivity contribution < 1.29 is 9.90 Å². The van der Waals surface area contributed by atoms with Crippen LogP contribution in [0.3, 0.4) is 0 Å². The largest absolute Gasteiger partial charge is 0.506 e. The van der Waals surface area contributed by atoms with Crippen molar-refractivity contribution >= 4 is 28.6 Å². The average molecular weight is 329 g/mol. The molecule has 1 aromatic rings. The van der Waals surface area contributed by atoms with E-state index in [2.05, 4.69) is 10.2 Å². The SMILES string of the molecule is Br.CC(=O)Nc1cc(CCN2CCCC2)ccc1O. The van der Waals surface area contributed by atoms with Crippen molar-refractivity contribution in [3.63, 3.8) is 0 Å². The second kappa shape index (κ2) is 7.50. The number of halogens is 1. The number of nitrogens with zero attached hydrogens (tertiary/aromatic N) is 1. The highest BCUT2D eigenvalue weighted by Gasteiger charge is 2.11. The van der Waals surface area contributed by atoms with Crippen molar-refractivity contribution in [3.8, 4) is 5.75 Å². The summed E-state index contributed by atoms with van der Waals surface area (Å²) in [5.74, 6) is -0.0443. The molecular weight excluding hydrogens is 308 g/mol. The van der Waals surface area contributed by atoms with E-state index >= 15 is 0 Å². The topological polar surface area (TPSA) is 52.6 Å². The zero-order chi connectivity index (χ0) is 13.0. The molecule has 0 radical (unpaired) electrons. The highest BCUT2D eigenvalue weighted by molar-refractivity contribution is 8.93. The van der Waals surface area contributed by atoms with Gasteiger partial charge in [-0.3, -0.25) is 4.79 Å². The predicted octanol–water partition coefficient (Wildman–Crippen LogP) is 2.57. The normalized spacial score (nSPS) is 15.0. The third kappa shape index (κ3) is 4.84. The van der Waals surface area contributed by atoms with Crippen LogP contribution in [-0.2, 0) is 11.2 Å². The molecular formula is C14H21BrN2O2. The standard InChI is InChI=1S/C14H20N2O2.BrH/c1-11(17)15-13-10-12(4-5-14(13)18)6-9-16-7-2-3-8-16;/h4-5,10,18H,2-3,6-9H2,1H3,(H,15,17);1H. The number of benzene rings is 1. The van der Waals surface area contributed by atoms with E-state index in [1.54, 1.807) is 6.07 Å². The highest BCUT2D eigenvalue weighted by Crippen LogP contribution is 2.24. The van der Waals surface area contributed by atoms with Crippen molar-refractivity contribution in [3.05, 3.63) is 23.8 Å². The first kappa shape index (κ1) is 16.0. The van der Waals surface area contributed by atoms with E-state index in [-0.39, 0.29) is 28.6 Å². The first-order valence-corrected chi connectivity index (χ1v) is 6.47. The van der Waals surface area contributed by atoms with Gasteiger partial charge >= 0.3 is 0 Å². The summed E-state index contributed by atoms with van der Waals surface area (Å²) in [5, 5.41) is 12.3. The molecule has 0 aliphatic carbocycles. The number of rotatable bonds is 4. The van der Waals surface area contributed by atoms with Gasteiger partial charge in [0.05, 0.1) is 5.69 Å². The summed E-state index contributed by atoms with van der Waals surface area (Å²) >= 11 is 0. The summed E-state index contributed by atoms with van der Waals surface area (Å²) in [6.07, 6.45) is 3.55. The van der Waals surface area contributed by atoms with Gasteiger partial charge in [-0.1, -0.05) is 6.07 Å². The van der Waals surface area contributed by atoms with Crippen LogP contribution in [0.15, 0.2) is 18.2 Å². The van der Waals surface area contributed by atoms with Gasteiger partial charge in [0.15, 0.2) is 0 Å².